The predicted octanol–water partition coefficient (Wildman–Crippen LogP) is 6.78. The fourth-order valence-electron chi connectivity index (χ4n) is 5.75. The lowest BCUT2D eigenvalue weighted by molar-refractivity contribution is -0.137. The van der Waals surface area contributed by atoms with Gasteiger partial charge < -0.3 is 15.7 Å². The summed E-state index contributed by atoms with van der Waals surface area (Å²) in [5.41, 5.74) is 2.38. The highest BCUT2D eigenvalue weighted by atomic mass is 19.4. The quantitative estimate of drug-likeness (QED) is 0.278. The van der Waals surface area contributed by atoms with Gasteiger partial charge in [0.05, 0.1) is 11.7 Å². The van der Waals surface area contributed by atoms with E-state index < -0.39 is 11.7 Å². The van der Waals surface area contributed by atoms with E-state index in [1.165, 1.54) is 12.1 Å². The van der Waals surface area contributed by atoms with E-state index >= 15 is 0 Å². The van der Waals surface area contributed by atoms with Gasteiger partial charge >= 0.3 is 6.18 Å². The Labute approximate surface area is 231 Å². The third-order valence-electron chi connectivity index (χ3n) is 7.84. The number of hydrogen-bond donors (Lipinski definition) is 3. The fraction of sp³-hybridized carbons (Fsp3) is 0.467. The topological polar surface area (TPSA) is 73.3 Å². The van der Waals surface area contributed by atoms with Gasteiger partial charge in [-0.1, -0.05) is 12.1 Å². The Morgan fingerprint density at radius 3 is 2.45 bits per heavy atom. The van der Waals surface area contributed by atoms with Crippen LogP contribution in [0, 0.1) is 12.7 Å². The molecule has 5 rings (SSSR count). The highest BCUT2D eigenvalue weighted by molar-refractivity contribution is 5.58. The SMILES string of the molecule is Cc1cc(F)cc(CN2CCC(c3cnc(Nc4cccc(C(F)(F)F)c4)nc3NC3CCC(O)CC3)CC2)c1. The monoisotopic (exact) mass is 557 g/mol. The van der Waals surface area contributed by atoms with Crippen molar-refractivity contribution < 1.29 is 22.7 Å². The van der Waals surface area contributed by atoms with Crippen LogP contribution in [-0.4, -0.2) is 45.2 Å². The largest absolute Gasteiger partial charge is 0.416 e. The second kappa shape index (κ2) is 12.1. The lowest BCUT2D eigenvalue weighted by Gasteiger charge is -2.33. The molecule has 0 amide bonds. The molecular formula is C30H35F4N5O. The van der Waals surface area contributed by atoms with Gasteiger partial charge in [0, 0.05) is 30.0 Å². The fourth-order valence-corrected chi connectivity index (χ4v) is 5.75. The second-order valence-corrected chi connectivity index (χ2v) is 11.0. The molecule has 0 spiro atoms. The lowest BCUT2D eigenvalue weighted by atomic mass is 9.89. The number of hydrogen-bond acceptors (Lipinski definition) is 6. The van der Waals surface area contributed by atoms with E-state index in [1.54, 1.807) is 18.3 Å². The molecule has 1 saturated carbocycles. The van der Waals surface area contributed by atoms with Gasteiger partial charge in [-0.3, -0.25) is 4.90 Å². The van der Waals surface area contributed by atoms with Crippen LogP contribution in [0.5, 0.6) is 0 Å². The average molecular weight is 558 g/mol. The molecule has 10 heteroatoms. The van der Waals surface area contributed by atoms with Crippen molar-refractivity contribution >= 4 is 17.5 Å². The highest BCUT2D eigenvalue weighted by Crippen LogP contribution is 2.35. The van der Waals surface area contributed by atoms with Crippen molar-refractivity contribution in [3.63, 3.8) is 0 Å². The number of alkyl halides is 3. The molecule has 1 aliphatic heterocycles. The minimum Gasteiger partial charge on any atom is -0.393 e. The average Bonchev–Trinajstić information content (AvgIpc) is 2.90. The summed E-state index contributed by atoms with van der Waals surface area (Å²) in [5.74, 6) is 0.905. The van der Waals surface area contributed by atoms with E-state index in [4.69, 9.17) is 4.98 Å². The van der Waals surface area contributed by atoms with Crippen molar-refractivity contribution in [3.8, 4) is 0 Å². The van der Waals surface area contributed by atoms with Crippen LogP contribution >= 0.6 is 0 Å². The van der Waals surface area contributed by atoms with Crippen LogP contribution in [0.1, 0.15) is 66.7 Å². The van der Waals surface area contributed by atoms with Gasteiger partial charge in [0.25, 0.3) is 0 Å². The van der Waals surface area contributed by atoms with Crippen molar-refractivity contribution in [2.24, 2.45) is 0 Å². The second-order valence-electron chi connectivity index (χ2n) is 11.0. The molecule has 6 nitrogen and oxygen atoms in total. The zero-order valence-corrected chi connectivity index (χ0v) is 22.5. The minimum atomic E-state index is -4.44. The summed E-state index contributed by atoms with van der Waals surface area (Å²) < 4.78 is 53.4. The third-order valence-corrected chi connectivity index (χ3v) is 7.84. The Hall–Kier alpha value is -3.24. The Kier molecular flexibility index (Phi) is 8.56. The van der Waals surface area contributed by atoms with Gasteiger partial charge in [0.15, 0.2) is 0 Å². The maximum absolute atomic E-state index is 13.9. The lowest BCUT2D eigenvalue weighted by Crippen LogP contribution is -2.33. The van der Waals surface area contributed by atoms with Crippen LogP contribution in [0.25, 0.3) is 0 Å². The number of nitrogens with zero attached hydrogens (tertiary/aromatic N) is 3. The Morgan fingerprint density at radius 1 is 1.00 bits per heavy atom. The number of rotatable bonds is 7. The molecule has 2 aromatic carbocycles. The molecule has 40 heavy (non-hydrogen) atoms. The minimum absolute atomic E-state index is 0.148. The maximum Gasteiger partial charge on any atom is 0.416 e. The first-order chi connectivity index (χ1) is 19.1. The predicted molar refractivity (Wildman–Crippen MR) is 147 cm³/mol. The van der Waals surface area contributed by atoms with Gasteiger partial charge in [-0.2, -0.15) is 18.2 Å². The molecule has 3 N–H and O–H groups in total. The Balaban J connectivity index is 1.32. The van der Waals surface area contributed by atoms with E-state index in [0.29, 0.717) is 25.2 Å². The first kappa shape index (κ1) is 28.3. The summed E-state index contributed by atoms with van der Waals surface area (Å²) in [6.07, 6.45) is 1.87. The van der Waals surface area contributed by atoms with E-state index in [9.17, 15) is 22.7 Å². The first-order valence-corrected chi connectivity index (χ1v) is 13.9. The molecular weight excluding hydrogens is 522 g/mol. The number of anilines is 3. The van der Waals surface area contributed by atoms with E-state index in [0.717, 1.165) is 67.6 Å². The summed E-state index contributed by atoms with van der Waals surface area (Å²) in [4.78, 5) is 11.5. The standard InChI is InChI=1S/C30H35F4N5O/c1-19-13-20(15-23(31)14-19)18-39-11-9-21(10-12-39)27-17-35-29(37-25-4-2-3-22(16-25)30(32,33)34)38-28(27)36-24-5-7-26(40)8-6-24/h2-4,13-17,21,24,26,40H,5-12,18H2,1H3,(H2,35,36,37,38). The van der Waals surface area contributed by atoms with Gasteiger partial charge in [-0.15, -0.1) is 0 Å². The van der Waals surface area contributed by atoms with Gasteiger partial charge in [0.1, 0.15) is 11.6 Å². The van der Waals surface area contributed by atoms with E-state index in [1.807, 2.05) is 13.0 Å². The number of aliphatic hydroxyl groups is 1. The summed E-state index contributed by atoms with van der Waals surface area (Å²) >= 11 is 0. The normalized spacial score (nSPS) is 20.9. The summed E-state index contributed by atoms with van der Waals surface area (Å²) in [6, 6.07) is 10.3. The van der Waals surface area contributed by atoms with Crippen LogP contribution in [0.3, 0.4) is 0 Å². The molecule has 0 radical (unpaired) electrons. The highest BCUT2D eigenvalue weighted by Gasteiger charge is 2.31. The molecule has 3 aromatic rings. The van der Waals surface area contributed by atoms with Gasteiger partial charge in [-0.25, -0.2) is 9.37 Å². The van der Waals surface area contributed by atoms with Crippen LogP contribution in [0.15, 0.2) is 48.7 Å². The summed E-state index contributed by atoms with van der Waals surface area (Å²) in [7, 11) is 0. The zero-order chi connectivity index (χ0) is 28.3. The maximum atomic E-state index is 13.9. The third kappa shape index (κ3) is 7.28. The molecule has 2 heterocycles. The number of benzene rings is 2. The van der Waals surface area contributed by atoms with Gasteiger partial charge in [0.2, 0.25) is 5.95 Å². The van der Waals surface area contributed by atoms with E-state index in [-0.39, 0.29) is 35.5 Å². The van der Waals surface area contributed by atoms with Crippen LogP contribution in [0.2, 0.25) is 0 Å². The Bertz CT molecular complexity index is 1280. The molecule has 2 fully saturated rings. The summed E-state index contributed by atoms with van der Waals surface area (Å²) in [5, 5.41) is 16.4. The number of piperidine rings is 1. The van der Waals surface area contributed by atoms with Crippen molar-refractivity contribution in [3.05, 3.63) is 76.7 Å². The van der Waals surface area contributed by atoms with Crippen LogP contribution < -0.4 is 10.6 Å². The van der Waals surface area contributed by atoms with Crippen molar-refractivity contribution in [2.45, 2.75) is 76.2 Å². The number of aryl methyl sites for hydroxylation is 1. The summed E-state index contributed by atoms with van der Waals surface area (Å²) in [6.45, 7) is 4.28. The molecule has 1 aliphatic carbocycles. The van der Waals surface area contributed by atoms with Crippen molar-refractivity contribution in [1.29, 1.82) is 0 Å². The molecule has 0 bridgehead atoms. The molecule has 1 aromatic heterocycles. The van der Waals surface area contributed by atoms with Crippen molar-refractivity contribution in [1.82, 2.24) is 14.9 Å². The van der Waals surface area contributed by atoms with Crippen LogP contribution in [-0.2, 0) is 12.7 Å². The van der Waals surface area contributed by atoms with Gasteiger partial charge in [-0.05, 0) is 106 Å². The van der Waals surface area contributed by atoms with Crippen molar-refractivity contribution in [2.75, 3.05) is 23.7 Å². The zero-order valence-electron chi connectivity index (χ0n) is 22.5. The Morgan fingerprint density at radius 2 is 1.75 bits per heavy atom. The van der Waals surface area contributed by atoms with Crippen LogP contribution in [0.4, 0.5) is 35.0 Å². The number of aromatic nitrogens is 2. The molecule has 0 unspecified atom stereocenters. The molecule has 214 valence electrons. The number of aliphatic hydroxyl groups excluding tert-OH is 1. The molecule has 2 aliphatic rings. The number of halogens is 4. The number of likely N-dealkylation sites (tertiary alicyclic amines) is 1. The van der Waals surface area contributed by atoms with E-state index in [2.05, 4.69) is 20.5 Å². The first-order valence-electron chi connectivity index (χ1n) is 13.9. The molecule has 0 atom stereocenters. The number of nitrogens with one attached hydrogen (secondary N) is 2. The molecule has 1 saturated heterocycles. The smallest absolute Gasteiger partial charge is 0.393 e.